The van der Waals surface area contributed by atoms with Crippen LogP contribution in [-0.2, 0) is 4.79 Å². The van der Waals surface area contributed by atoms with Gasteiger partial charge in [0, 0.05) is 5.56 Å². The smallest absolute Gasteiger partial charge is 0.330 e. The maximum atomic E-state index is 12.2. The highest BCUT2D eigenvalue weighted by atomic mass is 16.4. The van der Waals surface area contributed by atoms with Gasteiger partial charge in [-0.3, -0.25) is 4.79 Å². The van der Waals surface area contributed by atoms with Crippen molar-refractivity contribution in [3.05, 3.63) is 71.3 Å². The molecule has 0 aliphatic rings. The summed E-state index contributed by atoms with van der Waals surface area (Å²) in [6.45, 7) is 1.81. The third-order valence-corrected chi connectivity index (χ3v) is 3.04. The Labute approximate surface area is 117 Å². The first-order valence-corrected chi connectivity index (χ1v) is 6.24. The Hall–Kier alpha value is -2.62. The number of nitrogens with one attached hydrogen (secondary N) is 1. The van der Waals surface area contributed by atoms with Gasteiger partial charge in [0.2, 0.25) is 0 Å². The van der Waals surface area contributed by atoms with Gasteiger partial charge in [-0.05, 0) is 24.1 Å². The van der Waals surface area contributed by atoms with Crippen LogP contribution in [0.5, 0.6) is 0 Å². The zero-order valence-corrected chi connectivity index (χ0v) is 11.0. The zero-order chi connectivity index (χ0) is 14.5. The summed E-state index contributed by atoms with van der Waals surface area (Å²) in [6, 6.07) is 14.7. The molecule has 0 spiro atoms. The highest BCUT2D eigenvalue weighted by molar-refractivity contribution is 5.98. The second-order valence-electron chi connectivity index (χ2n) is 4.47. The first-order chi connectivity index (χ1) is 9.59. The summed E-state index contributed by atoms with van der Waals surface area (Å²) in [4.78, 5) is 23.5. The predicted octanol–water partition coefficient (Wildman–Crippen LogP) is 2.55. The number of benzene rings is 2. The lowest BCUT2D eigenvalue weighted by Crippen LogP contribution is -2.34. The van der Waals surface area contributed by atoms with Gasteiger partial charge >= 0.3 is 5.97 Å². The van der Waals surface area contributed by atoms with Crippen LogP contribution in [0, 0.1) is 6.92 Å². The minimum Gasteiger partial charge on any atom is -0.479 e. The second-order valence-corrected chi connectivity index (χ2v) is 4.47. The van der Waals surface area contributed by atoms with Crippen molar-refractivity contribution in [1.82, 2.24) is 5.32 Å². The van der Waals surface area contributed by atoms with Crippen molar-refractivity contribution in [3.63, 3.8) is 0 Å². The largest absolute Gasteiger partial charge is 0.479 e. The number of carboxylic acids is 1. The molecule has 0 aliphatic heterocycles. The van der Waals surface area contributed by atoms with Crippen molar-refractivity contribution in [2.45, 2.75) is 13.0 Å². The van der Waals surface area contributed by atoms with Crippen molar-refractivity contribution in [2.75, 3.05) is 0 Å². The number of hydrogen-bond donors (Lipinski definition) is 2. The molecule has 0 saturated heterocycles. The summed E-state index contributed by atoms with van der Waals surface area (Å²) >= 11 is 0. The molecule has 0 heterocycles. The third-order valence-electron chi connectivity index (χ3n) is 3.04. The fourth-order valence-electron chi connectivity index (χ4n) is 1.97. The van der Waals surface area contributed by atoms with Gasteiger partial charge in [-0.15, -0.1) is 0 Å². The standard InChI is InChI=1S/C16H15NO3/c1-11-7-5-6-10-13(11)15(18)17-14(16(19)20)12-8-3-2-4-9-12/h2-10,14H,1H3,(H,17,18)(H,19,20). The molecule has 1 amide bonds. The van der Waals surface area contributed by atoms with Crippen LogP contribution >= 0.6 is 0 Å². The van der Waals surface area contributed by atoms with Crippen LogP contribution in [-0.4, -0.2) is 17.0 Å². The number of aryl methyl sites for hydroxylation is 1. The van der Waals surface area contributed by atoms with Crippen molar-refractivity contribution in [3.8, 4) is 0 Å². The summed E-state index contributed by atoms with van der Waals surface area (Å²) in [7, 11) is 0. The van der Waals surface area contributed by atoms with Gasteiger partial charge in [0.1, 0.15) is 0 Å². The quantitative estimate of drug-likeness (QED) is 0.896. The Kier molecular flexibility index (Phi) is 4.15. The summed E-state index contributed by atoms with van der Waals surface area (Å²) in [5, 5.41) is 11.8. The lowest BCUT2D eigenvalue weighted by atomic mass is 10.0. The van der Waals surface area contributed by atoms with Gasteiger partial charge in [0.15, 0.2) is 6.04 Å². The van der Waals surface area contributed by atoms with E-state index in [0.29, 0.717) is 11.1 Å². The topological polar surface area (TPSA) is 66.4 Å². The molecular formula is C16H15NO3. The molecule has 1 unspecified atom stereocenters. The Morgan fingerprint density at radius 1 is 1.00 bits per heavy atom. The summed E-state index contributed by atoms with van der Waals surface area (Å²) in [5.41, 5.74) is 1.83. The van der Waals surface area contributed by atoms with E-state index in [9.17, 15) is 14.7 Å². The maximum absolute atomic E-state index is 12.2. The van der Waals surface area contributed by atoms with E-state index in [-0.39, 0.29) is 5.91 Å². The lowest BCUT2D eigenvalue weighted by Gasteiger charge is -2.15. The van der Waals surface area contributed by atoms with Crippen LogP contribution in [0.1, 0.15) is 27.5 Å². The highest BCUT2D eigenvalue weighted by Gasteiger charge is 2.22. The summed E-state index contributed by atoms with van der Waals surface area (Å²) < 4.78 is 0. The van der Waals surface area contributed by atoms with E-state index >= 15 is 0 Å². The van der Waals surface area contributed by atoms with Gasteiger partial charge in [0.05, 0.1) is 0 Å². The molecule has 2 N–H and O–H groups in total. The molecule has 1 atom stereocenters. The average molecular weight is 269 g/mol. The molecule has 0 radical (unpaired) electrons. The Morgan fingerprint density at radius 2 is 1.60 bits per heavy atom. The monoisotopic (exact) mass is 269 g/mol. The first-order valence-electron chi connectivity index (χ1n) is 6.24. The van der Waals surface area contributed by atoms with Crippen LogP contribution < -0.4 is 5.32 Å². The van der Waals surface area contributed by atoms with Gasteiger partial charge in [-0.25, -0.2) is 4.79 Å². The third kappa shape index (κ3) is 3.03. The minimum atomic E-state index is -1.09. The first kappa shape index (κ1) is 13.8. The molecule has 2 aromatic carbocycles. The van der Waals surface area contributed by atoms with Crippen LogP contribution in [0.2, 0.25) is 0 Å². The molecule has 0 fully saturated rings. The number of amides is 1. The normalized spacial score (nSPS) is 11.7. The van der Waals surface area contributed by atoms with E-state index in [1.165, 1.54) is 0 Å². The molecule has 0 aromatic heterocycles. The molecule has 102 valence electrons. The minimum absolute atomic E-state index is 0.389. The van der Waals surface area contributed by atoms with Gasteiger partial charge in [-0.2, -0.15) is 0 Å². The Morgan fingerprint density at radius 3 is 2.20 bits per heavy atom. The number of carbonyl (C=O) groups is 2. The molecule has 0 bridgehead atoms. The fraction of sp³-hybridized carbons (Fsp3) is 0.125. The maximum Gasteiger partial charge on any atom is 0.330 e. The van der Waals surface area contributed by atoms with E-state index in [1.54, 1.807) is 42.5 Å². The van der Waals surface area contributed by atoms with Crippen LogP contribution in [0.3, 0.4) is 0 Å². The van der Waals surface area contributed by atoms with Crippen molar-refractivity contribution < 1.29 is 14.7 Å². The van der Waals surface area contributed by atoms with Crippen molar-refractivity contribution >= 4 is 11.9 Å². The molecular weight excluding hydrogens is 254 g/mol. The molecule has 4 heteroatoms. The molecule has 2 rings (SSSR count). The molecule has 0 aliphatic carbocycles. The number of hydrogen-bond acceptors (Lipinski definition) is 2. The zero-order valence-electron chi connectivity index (χ0n) is 11.0. The Bertz CT molecular complexity index is 623. The van der Waals surface area contributed by atoms with Crippen LogP contribution in [0.4, 0.5) is 0 Å². The molecule has 2 aromatic rings. The number of rotatable bonds is 4. The van der Waals surface area contributed by atoms with Gasteiger partial charge in [0.25, 0.3) is 5.91 Å². The Balaban J connectivity index is 2.24. The molecule has 4 nitrogen and oxygen atoms in total. The number of carbonyl (C=O) groups excluding carboxylic acids is 1. The fourth-order valence-corrected chi connectivity index (χ4v) is 1.97. The second kappa shape index (κ2) is 6.02. The van der Waals surface area contributed by atoms with E-state index in [2.05, 4.69) is 5.32 Å². The van der Waals surface area contributed by atoms with Crippen molar-refractivity contribution in [1.29, 1.82) is 0 Å². The van der Waals surface area contributed by atoms with Crippen LogP contribution in [0.25, 0.3) is 0 Å². The van der Waals surface area contributed by atoms with E-state index in [0.717, 1.165) is 5.56 Å². The highest BCUT2D eigenvalue weighted by Crippen LogP contribution is 2.15. The number of carboxylic acid groups (broad SMARTS) is 1. The average Bonchev–Trinajstić information content (AvgIpc) is 2.45. The summed E-state index contributed by atoms with van der Waals surface area (Å²) in [6.07, 6.45) is 0. The van der Waals surface area contributed by atoms with Crippen molar-refractivity contribution in [2.24, 2.45) is 0 Å². The number of aliphatic carboxylic acids is 1. The van der Waals surface area contributed by atoms with E-state index in [4.69, 9.17) is 0 Å². The predicted molar refractivity (Wildman–Crippen MR) is 75.5 cm³/mol. The van der Waals surface area contributed by atoms with E-state index in [1.807, 2.05) is 19.1 Å². The van der Waals surface area contributed by atoms with Gasteiger partial charge in [-0.1, -0.05) is 48.5 Å². The lowest BCUT2D eigenvalue weighted by molar-refractivity contribution is -0.139. The summed E-state index contributed by atoms with van der Waals surface area (Å²) in [5.74, 6) is -1.47. The van der Waals surface area contributed by atoms with E-state index < -0.39 is 12.0 Å². The SMILES string of the molecule is Cc1ccccc1C(=O)NC(C(=O)O)c1ccccc1. The molecule has 20 heavy (non-hydrogen) atoms. The van der Waals surface area contributed by atoms with Gasteiger partial charge < -0.3 is 10.4 Å². The molecule has 0 saturated carbocycles. The van der Waals surface area contributed by atoms with Crippen LogP contribution in [0.15, 0.2) is 54.6 Å².